The zero-order valence-electron chi connectivity index (χ0n) is 12.3. The molecule has 108 valence electrons. The molecular formula is C19H16N2O. The summed E-state index contributed by atoms with van der Waals surface area (Å²) in [6.07, 6.45) is 2.81. The molecule has 1 aromatic heterocycles. The Morgan fingerprint density at radius 3 is 2.09 bits per heavy atom. The molecule has 1 unspecified atom stereocenters. The minimum atomic E-state index is -0.754. The van der Waals surface area contributed by atoms with Crippen LogP contribution in [-0.2, 0) is 7.05 Å². The average Bonchev–Trinajstić information content (AvgIpc) is 2.98. The molecule has 22 heavy (non-hydrogen) atoms. The number of hydrogen-bond acceptors (Lipinski definition) is 2. The molecule has 0 spiro atoms. The number of nitrogens with zero attached hydrogens (tertiary/aromatic N) is 2. The Morgan fingerprint density at radius 2 is 1.55 bits per heavy atom. The summed E-state index contributed by atoms with van der Waals surface area (Å²) in [5, 5.41) is 15.4. The van der Waals surface area contributed by atoms with E-state index in [-0.39, 0.29) is 0 Å². The predicted molar refractivity (Wildman–Crippen MR) is 88.7 cm³/mol. The van der Waals surface area contributed by atoms with E-state index in [9.17, 15) is 5.11 Å². The van der Waals surface area contributed by atoms with Crippen molar-refractivity contribution in [3.8, 4) is 0 Å². The van der Waals surface area contributed by atoms with E-state index in [2.05, 4.69) is 35.3 Å². The highest BCUT2D eigenvalue weighted by atomic mass is 16.3. The first kappa shape index (κ1) is 13.0. The van der Waals surface area contributed by atoms with Gasteiger partial charge in [-0.15, -0.1) is 0 Å². The van der Waals surface area contributed by atoms with Crippen LogP contribution in [0.1, 0.15) is 17.5 Å². The van der Waals surface area contributed by atoms with Crippen molar-refractivity contribution in [1.82, 2.24) is 9.55 Å². The maximum Gasteiger partial charge on any atom is 0.142 e. The molecule has 0 aliphatic heterocycles. The van der Waals surface area contributed by atoms with Crippen molar-refractivity contribution in [1.29, 1.82) is 0 Å². The third kappa shape index (κ3) is 1.90. The first-order valence-corrected chi connectivity index (χ1v) is 7.31. The van der Waals surface area contributed by atoms with Gasteiger partial charge in [0.1, 0.15) is 11.9 Å². The van der Waals surface area contributed by atoms with Crippen molar-refractivity contribution in [3.63, 3.8) is 0 Å². The first-order chi connectivity index (χ1) is 10.8. The maximum atomic E-state index is 11.0. The van der Waals surface area contributed by atoms with Gasteiger partial charge in [-0.2, -0.15) is 0 Å². The van der Waals surface area contributed by atoms with Crippen LogP contribution >= 0.6 is 0 Å². The van der Waals surface area contributed by atoms with Crippen LogP contribution in [0.3, 0.4) is 0 Å². The van der Waals surface area contributed by atoms with E-state index in [1.807, 2.05) is 42.1 Å². The Bertz CT molecular complexity index is 917. The fraction of sp³-hybridized carbons (Fsp3) is 0.105. The lowest BCUT2D eigenvalue weighted by molar-refractivity contribution is 0.209. The van der Waals surface area contributed by atoms with Crippen LogP contribution in [0.5, 0.6) is 0 Å². The van der Waals surface area contributed by atoms with Gasteiger partial charge < -0.3 is 9.67 Å². The molecular weight excluding hydrogens is 272 g/mol. The number of hydrogen-bond donors (Lipinski definition) is 1. The molecule has 0 radical (unpaired) electrons. The van der Waals surface area contributed by atoms with E-state index >= 15 is 0 Å². The quantitative estimate of drug-likeness (QED) is 0.570. The van der Waals surface area contributed by atoms with Gasteiger partial charge in [0.05, 0.1) is 0 Å². The van der Waals surface area contributed by atoms with E-state index in [1.165, 1.54) is 0 Å². The fourth-order valence-electron chi connectivity index (χ4n) is 3.11. The summed E-state index contributed by atoms with van der Waals surface area (Å²) in [6, 6.07) is 18.5. The van der Waals surface area contributed by atoms with Crippen molar-refractivity contribution >= 4 is 21.5 Å². The van der Waals surface area contributed by atoms with Crippen molar-refractivity contribution in [2.75, 3.05) is 0 Å². The molecule has 4 aromatic rings. The summed E-state index contributed by atoms with van der Waals surface area (Å²) in [5.74, 6) is 0.654. The standard InChI is InChI=1S/C19H16N2O/c1-21-11-10-20-19(21)18(22)17-15-8-4-2-6-13(15)12-14-7-3-5-9-16(14)17/h2-12,18,22H,1H3. The van der Waals surface area contributed by atoms with Crippen LogP contribution in [0.4, 0.5) is 0 Å². The minimum Gasteiger partial charge on any atom is -0.380 e. The van der Waals surface area contributed by atoms with Crippen LogP contribution in [0.15, 0.2) is 67.0 Å². The number of aliphatic hydroxyl groups excluding tert-OH is 1. The van der Waals surface area contributed by atoms with Gasteiger partial charge in [0.25, 0.3) is 0 Å². The molecule has 1 heterocycles. The lowest BCUT2D eigenvalue weighted by Gasteiger charge is -2.17. The summed E-state index contributed by atoms with van der Waals surface area (Å²) in [7, 11) is 1.90. The molecule has 0 bridgehead atoms. The summed E-state index contributed by atoms with van der Waals surface area (Å²) in [6.45, 7) is 0. The van der Waals surface area contributed by atoms with E-state index < -0.39 is 6.10 Å². The van der Waals surface area contributed by atoms with Gasteiger partial charge in [-0.3, -0.25) is 0 Å². The van der Waals surface area contributed by atoms with E-state index in [0.717, 1.165) is 27.1 Å². The highest BCUT2D eigenvalue weighted by Crippen LogP contribution is 2.35. The summed E-state index contributed by atoms with van der Waals surface area (Å²) < 4.78 is 1.86. The Balaban J connectivity index is 2.10. The molecule has 0 aliphatic carbocycles. The number of imidazole rings is 1. The van der Waals surface area contributed by atoms with Crippen molar-refractivity contribution in [2.24, 2.45) is 7.05 Å². The van der Waals surface area contributed by atoms with E-state index in [4.69, 9.17) is 0 Å². The summed E-state index contributed by atoms with van der Waals surface area (Å²) >= 11 is 0. The Hall–Kier alpha value is -2.65. The fourth-order valence-corrected chi connectivity index (χ4v) is 3.11. The Kier molecular flexibility index (Phi) is 2.94. The van der Waals surface area contributed by atoms with Crippen LogP contribution in [0.25, 0.3) is 21.5 Å². The molecule has 0 aliphatic rings. The zero-order valence-corrected chi connectivity index (χ0v) is 12.3. The molecule has 4 rings (SSSR count). The highest BCUT2D eigenvalue weighted by molar-refractivity contribution is 6.02. The largest absolute Gasteiger partial charge is 0.380 e. The Morgan fingerprint density at radius 1 is 0.955 bits per heavy atom. The normalized spacial score (nSPS) is 12.8. The second-order valence-electron chi connectivity index (χ2n) is 5.53. The van der Waals surface area contributed by atoms with Gasteiger partial charge in [0, 0.05) is 25.0 Å². The van der Waals surface area contributed by atoms with Crippen LogP contribution in [0, 0.1) is 0 Å². The van der Waals surface area contributed by atoms with Crippen molar-refractivity contribution in [2.45, 2.75) is 6.10 Å². The number of aryl methyl sites for hydroxylation is 1. The topological polar surface area (TPSA) is 38.0 Å². The maximum absolute atomic E-state index is 11.0. The van der Waals surface area contributed by atoms with Gasteiger partial charge in [0.15, 0.2) is 0 Å². The van der Waals surface area contributed by atoms with Gasteiger partial charge in [-0.25, -0.2) is 4.98 Å². The van der Waals surface area contributed by atoms with Gasteiger partial charge in [-0.1, -0.05) is 48.5 Å². The van der Waals surface area contributed by atoms with Crippen LogP contribution < -0.4 is 0 Å². The van der Waals surface area contributed by atoms with E-state index in [0.29, 0.717) is 5.82 Å². The van der Waals surface area contributed by atoms with Crippen molar-refractivity contribution in [3.05, 3.63) is 78.4 Å². The molecule has 3 heteroatoms. The summed E-state index contributed by atoms with van der Waals surface area (Å²) in [4.78, 5) is 4.32. The molecule has 1 N–H and O–H groups in total. The summed E-state index contributed by atoms with van der Waals surface area (Å²) in [5.41, 5.74) is 0.919. The third-order valence-corrected chi connectivity index (χ3v) is 4.19. The lowest BCUT2D eigenvalue weighted by Crippen LogP contribution is -2.08. The predicted octanol–water partition coefficient (Wildman–Crippen LogP) is 3.81. The number of aromatic nitrogens is 2. The third-order valence-electron chi connectivity index (χ3n) is 4.19. The van der Waals surface area contributed by atoms with Crippen molar-refractivity contribution < 1.29 is 5.11 Å². The number of benzene rings is 3. The molecule has 3 nitrogen and oxygen atoms in total. The Labute approximate surface area is 128 Å². The van der Waals surface area contributed by atoms with Crippen LogP contribution in [0.2, 0.25) is 0 Å². The van der Waals surface area contributed by atoms with Gasteiger partial charge in [0.2, 0.25) is 0 Å². The molecule has 0 saturated heterocycles. The highest BCUT2D eigenvalue weighted by Gasteiger charge is 2.20. The number of rotatable bonds is 2. The second-order valence-corrected chi connectivity index (χ2v) is 5.53. The SMILES string of the molecule is Cn1ccnc1C(O)c1c2ccccc2cc2ccccc12. The average molecular weight is 288 g/mol. The molecule has 1 atom stereocenters. The monoisotopic (exact) mass is 288 g/mol. The lowest BCUT2D eigenvalue weighted by atomic mass is 9.93. The number of fused-ring (bicyclic) bond motifs is 2. The van der Waals surface area contributed by atoms with Gasteiger partial charge >= 0.3 is 0 Å². The molecule has 0 amide bonds. The molecule has 0 fully saturated rings. The van der Waals surface area contributed by atoms with Gasteiger partial charge in [-0.05, 0) is 27.6 Å². The molecule has 0 saturated carbocycles. The van der Waals surface area contributed by atoms with Crippen LogP contribution in [-0.4, -0.2) is 14.7 Å². The minimum absolute atomic E-state index is 0.654. The zero-order chi connectivity index (χ0) is 15.1. The second kappa shape index (κ2) is 4.97. The smallest absolute Gasteiger partial charge is 0.142 e. The molecule has 3 aromatic carbocycles. The first-order valence-electron chi connectivity index (χ1n) is 7.31. The van der Waals surface area contributed by atoms with E-state index in [1.54, 1.807) is 6.20 Å². The number of aliphatic hydroxyl groups is 1.